The molecule has 2 rings (SSSR count). The third-order valence-corrected chi connectivity index (χ3v) is 4.54. The number of nitrogens with zero attached hydrogens (tertiary/aromatic N) is 1. The number of ether oxygens (including phenoxy) is 2. The third kappa shape index (κ3) is 4.29. The third-order valence-electron chi connectivity index (χ3n) is 4.54. The summed E-state index contributed by atoms with van der Waals surface area (Å²) in [6, 6.07) is 9.26. The van der Waals surface area contributed by atoms with Crippen molar-refractivity contribution in [1.82, 2.24) is 10.2 Å². The molecule has 7 heteroatoms. The summed E-state index contributed by atoms with van der Waals surface area (Å²) in [6.07, 6.45) is 1.11. The van der Waals surface area contributed by atoms with Crippen LogP contribution in [0.2, 0.25) is 0 Å². The Morgan fingerprint density at radius 1 is 1.24 bits per heavy atom. The molecule has 1 saturated heterocycles. The zero-order chi connectivity index (χ0) is 18.3. The lowest BCUT2D eigenvalue weighted by atomic mass is 9.93. The second-order valence-electron chi connectivity index (χ2n) is 5.94. The van der Waals surface area contributed by atoms with Gasteiger partial charge in [0.2, 0.25) is 5.91 Å². The smallest absolute Gasteiger partial charge is 0.407 e. The second kappa shape index (κ2) is 8.50. The fourth-order valence-electron chi connectivity index (χ4n) is 3.17. The lowest BCUT2D eigenvalue weighted by Crippen LogP contribution is -2.55. The summed E-state index contributed by atoms with van der Waals surface area (Å²) >= 11 is 0. The maximum Gasteiger partial charge on any atom is 0.407 e. The van der Waals surface area contributed by atoms with Crippen molar-refractivity contribution in [2.45, 2.75) is 38.3 Å². The number of likely N-dealkylation sites (tertiary alicyclic amines) is 1. The number of rotatable bonds is 6. The van der Waals surface area contributed by atoms with E-state index >= 15 is 0 Å². The molecule has 1 fully saturated rings. The summed E-state index contributed by atoms with van der Waals surface area (Å²) < 4.78 is 9.95. The lowest BCUT2D eigenvalue weighted by Gasteiger charge is -2.35. The first-order valence-electron chi connectivity index (χ1n) is 8.37. The molecule has 0 bridgehead atoms. The Morgan fingerprint density at radius 3 is 2.60 bits per heavy atom. The quantitative estimate of drug-likeness (QED) is 0.793. The summed E-state index contributed by atoms with van der Waals surface area (Å²) in [5.74, 6) is -0.728. The van der Waals surface area contributed by atoms with Crippen LogP contribution in [-0.2, 0) is 25.7 Å². The summed E-state index contributed by atoms with van der Waals surface area (Å²) in [6.45, 7) is 2.24. The first-order valence-corrected chi connectivity index (χ1v) is 8.37. The molecule has 7 nitrogen and oxygen atoms in total. The van der Waals surface area contributed by atoms with Crippen molar-refractivity contribution in [3.05, 3.63) is 35.9 Å². The van der Waals surface area contributed by atoms with Gasteiger partial charge in [0.05, 0.1) is 7.11 Å². The van der Waals surface area contributed by atoms with E-state index in [1.54, 1.807) is 0 Å². The van der Waals surface area contributed by atoms with Gasteiger partial charge in [-0.15, -0.1) is 0 Å². The van der Waals surface area contributed by atoms with E-state index in [9.17, 15) is 14.4 Å². The van der Waals surface area contributed by atoms with Crippen molar-refractivity contribution in [3.63, 3.8) is 0 Å². The first-order chi connectivity index (χ1) is 12.0. The van der Waals surface area contributed by atoms with Crippen LogP contribution in [0.3, 0.4) is 0 Å². The topological polar surface area (TPSA) is 84.9 Å². The SMILES string of the molecule is CC[C@@]1(C(=O)OC)CCCN1C(=O)CNC(=O)OCc1ccccc1. The predicted molar refractivity (Wildman–Crippen MR) is 90.6 cm³/mol. The van der Waals surface area contributed by atoms with Crippen LogP contribution in [0.5, 0.6) is 0 Å². The molecule has 1 heterocycles. The highest BCUT2D eigenvalue weighted by Gasteiger charge is 2.49. The van der Waals surface area contributed by atoms with Gasteiger partial charge in [0.1, 0.15) is 18.7 Å². The van der Waals surface area contributed by atoms with Crippen LogP contribution < -0.4 is 5.32 Å². The van der Waals surface area contributed by atoms with Crippen LogP contribution in [0.4, 0.5) is 4.79 Å². The maximum atomic E-state index is 12.5. The van der Waals surface area contributed by atoms with Crippen molar-refractivity contribution in [2.75, 3.05) is 20.2 Å². The minimum atomic E-state index is -0.929. The number of carbonyl (C=O) groups excluding carboxylic acids is 3. The molecule has 0 saturated carbocycles. The molecule has 1 N–H and O–H groups in total. The molecule has 0 unspecified atom stereocenters. The van der Waals surface area contributed by atoms with Gasteiger partial charge in [0, 0.05) is 6.54 Å². The van der Waals surface area contributed by atoms with E-state index in [1.807, 2.05) is 37.3 Å². The molecule has 0 spiro atoms. The normalized spacial score (nSPS) is 19.4. The Balaban J connectivity index is 1.86. The Kier molecular flexibility index (Phi) is 6.38. The highest BCUT2D eigenvalue weighted by atomic mass is 16.5. The number of amides is 2. The highest BCUT2D eigenvalue weighted by Crippen LogP contribution is 2.33. The number of hydrogen-bond acceptors (Lipinski definition) is 5. The van der Waals surface area contributed by atoms with Crippen LogP contribution in [0.1, 0.15) is 31.7 Å². The number of hydrogen-bond donors (Lipinski definition) is 1. The Bertz CT molecular complexity index is 619. The molecule has 25 heavy (non-hydrogen) atoms. The van der Waals surface area contributed by atoms with Gasteiger partial charge < -0.3 is 19.7 Å². The Morgan fingerprint density at radius 2 is 1.96 bits per heavy atom. The fraction of sp³-hybridized carbons (Fsp3) is 0.500. The van der Waals surface area contributed by atoms with Crippen molar-refractivity contribution in [2.24, 2.45) is 0 Å². The number of nitrogens with one attached hydrogen (secondary N) is 1. The standard InChI is InChI=1S/C18H24N2O5/c1-3-18(16(22)24-2)10-7-11-20(18)15(21)12-19-17(23)25-13-14-8-5-4-6-9-14/h4-6,8-9H,3,7,10-13H2,1-2H3,(H,19,23)/t18-/m0/s1. The molecule has 1 aliphatic rings. The van der Waals surface area contributed by atoms with Gasteiger partial charge in [0.15, 0.2) is 0 Å². The molecule has 1 aliphatic heterocycles. The zero-order valence-corrected chi connectivity index (χ0v) is 14.6. The monoisotopic (exact) mass is 348 g/mol. The van der Waals surface area contributed by atoms with Gasteiger partial charge in [-0.2, -0.15) is 0 Å². The second-order valence-corrected chi connectivity index (χ2v) is 5.94. The van der Waals surface area contributed by atoms with E-state index < -0.39 is 17.6 Å². The molecule has 1 aromatic carbocycles. The van der Waals surface area contributed by atoms with E-state index in [0.717, 1.165) is 12.0 Å². The predicted octanol–water partition coefficient (Wildman–Crippen LogP) is 1.86. The van der Waals surface area contributed by atoms with Crippen molar-refractivity contribution < 1.29 is 23.9 Å². The van der Waals surface area contributed by atoms with Gasteiger partial charge in [-0.25, -0.2) is 9.59 Å². The summed E-state index contributed by atoms with van der Waals surface area (Å²) in [4.78, 5) is 37.9. The van der Waals surface area contributed by atoms with Crippen LogP contribution in [-0.4, -0.2) is 48.6 Å². The van der Waals surface area contributed by atoms with E-state index in [1.165, 1.54) is 12.0 Å². The maximum absolute atomic E-state index is 12.5. The van der Waals surface area contributed by atoms with Gasteiger partial charge in [-0.1, -0.05) is 37.3 Å². The molecule has 136 valence electrons. The average molecular weight is 348 g/mol. The molecule has 1 aromatic rings. The summed E-state index contributed by atoms with van der Waals surface area (Å²) in [7, 11) is 1.32. The van der Waals surface area contributed by atoms with Crippen LogP contribution >= 0.6 is 0 Å². The highest BCUT2D eigenvalue weighted by molar-refractivity contribution is 5.90. The van der Waals surface area contributed by atoms with Gasteiger partial charge in [0.25, 0.3) is 0 Å². The molecule has 0 aliphatic carbocycles. The van der Waals surface area contributed by atoms with E-state index in [4.69, 9.17) is 9.47 Å². The zero-order valence-electron chi connectivity index (χ0n) is 14.6. The number of esters is 1. The number of benzene rings is 1. The average Bonchev–Trinajstić information content (AvgIpc) is 3.10. The van der Waals surface area contributed by atoms with Crippen LogP contribution in [0.15, 0.2) is 30.3 Å². The number of alkyl carbamates (subject to hydrolysis) is 1. The Hall–Kier alpha value is -2.57. The van der Waals surface area contributed by atoms with Crippen LogP contribution in [0.25, 0.3) is 0 Å². The van der Waals surface area contributed by atoms with Crippen molar-refractivity contribution >= 4 is 18.0 Å². The van der Waals surface area contributed by atoms with Crippen LogP contribution in [0, 0.1) is 0 Å². The first kappa shape index (κ1) is 18.8. The minimum absolute atomic E-state index is 0.131. The van der Waals surface area contributed by atoms with E-state index in [0.29, 0.717) is 19.4 Å². The Labute approximate surface area is 147 Å². The number of methoxy groups -OCH3 is 1. The van der Waals surface area contributed by atoms with Gasteiger partial charge in [-0.05, 0) is 24.8 Å². The van der Waals surface area contributed by atoms with Gasteiger partial charge >= 0.3 is 12.1 Å². The molecule has 2 amide bonds. The van der Waals surface area contributed by atoms with E-state index in [-0.39, 0.29) is 19.1 Å². The molecule has 1 atom stereocenters. The minimum Gasteiger partial charge on any atom is -0.467 e. The van der Waals surface area contributed by atoms with E-state index in [2.05, 4.69) is 5.32 Å². The molecular weight excluding hydrogens is 324 g/mol. The summed E-state index contributed by atoms with van der Waals surface area (Å²) in [5.41, 5.74) is -0.0687. The van der Waals surface area contributed by atoms with Gasteiger partial charge in [-0.3, -0.25) is 4.79 Å². The lowest BCUT2D eigenvalue weighted by molar-refractivity contribution is -0.159. The molecule has 0 aromatic heterocycles. The van der Waals surface area contributed by atoms with Crippen molar-refractivity contribution in [3.8, 4) is 0 Å². The fourth-order valence-corrected chi connectivity index (χ4v) is 3.17. The van der Waals surface area contributed by atoms with Crippen molar-refractivity contribution in [1.29, 1.82) is 0 Å². The number of carbonyl (C=O) groups is 3. The largest absolute Gasteiger partial charge is 0.467 e. The molecular formula is C18H24N2O5. The summed E-state index contributed by atoms with van der Waals surface area (Å²) in [5, 5.41) is 2.44. The molecule has 0 radical (unpaired) electrons.